The fourth-order valence-corrected chi connectivity index (χ4v) is 0.572. The normalized spacial score (nSPS) is 20.7. The molecule has 2 nitrogen and oxygen atoms in total. The van der Waals surface area contributed by atoms with Crippen LogP contribution >= 0.6 is 0 Å². The van der Waals surface area contributed by atoms with Crippen molar-refractivity contribution in [2.24, 2.45) is 0 Å². The summed E-state index contributed by atoms with van der Waals surface area (Å²) in [5, 5.41) is 12.5. The molecule has 1 atom stereocenters. The quantitative estimate of drug-likeness (QED) is 0.496. The summed E-state index contributed by atoms with van der Waals surface area (Å²) in [4.78, 5) is 0. The largest absolute Gasteiger partial charge is 0.660 e. The summed E-state index contributed by atoms with van der Waals surface area (Å²) in [5.74, 6) is 0. The minimum atomic E-state index is -0.120. The van der Waals surface area contributed by atoms with Gasteiger partial charge in [0, 0.05) is 58.3 Å². The SMILES string of the molecule is C.C.OC1CC[N-]C1.[U].[W]. The Balaban J connectivity index is -0.0000000450. The summed E-state index contributed by atoms with van der Waals surface area (Å²) in [5.41, 5.74) is 0. The Morgan fingerprint density at radius 1 is 1.30 bits per heavy atom. The van der Waals surface area contributed by atoms with Crippen LogP contribution in [-0.4, -0.2) is 24.3 Å². The van der Waals surface area contributed by atoms with Gasteiger partial charge in [0.2, 0.25) is 0 Å². The molecule has 0 amide bonds. The molecule has 1 heterocycles. The smallest absolute Gasteiger partial charge is 0.0336 e. The minimum Gasteiger partial charge on any atom is -0.660 e. The van der Waals surface area contributed by atoms with E-state index in [1.807, 2.05) is 0 Å². The standard InChI is InChI=1S/C4H8NO.2CH4.U.W/c6-4-1-2-5-3-4;;;;/h4,6H,1-3H2;2*1H4;;/q-1;;;;. The molecule has 0 aromatic rings. The second kappa shape index (κ2) is 13.3. The molecule has 1 fully saturated rings. The van der Waals surface area contributed by atoms with E-state index in [4.69, 9.17) is 5.11 Å². The van der Waals surface area contributed by atoms with E-state index < -0.39 is 0 Å². The van der Waals surface area contributed by atoms with E-state index >= 15 is 0 Å². The molecule has 1 unspecified atom stereocenters. The number of rotatable bonds is 0. The van der Waals surface area contributed by atoms with Gasteiger partial charge in [-0.2, -0.15) is 0 Å². The van der Waals surface area contributed by atoms with Crippen molar-refractivity contribution in [3.8, 4) is 0 Å². The Morgan fingerprint density at radius 2 is 1.80 bits per heavy atom. The van der Waals surface area contributed by atoms with Crippen LogP contribution in [0.1, 0.15) is 21.3 Å². The first-order valence-corrected chi connectivity index (χ1v) is 2.21. The molecule has 1 aliphatic heterocycles. The summed E-state index contributed by atoms with van der Waals surface area (Å²) in [6.07, 6.45) is 0.755. The first-order chi connectivity index (χ1) is 2.89. The van der Waals surface area contributed by atoms with Gasteiger partial charge in [-0.25, -0.2) is 0 Å². The summed E-state index contributed by atoms with van der Waals surface area (Å²) in [7, 11) is 0. The minimum absolute atomic E-state index is 0. The molecule has 0 bridgehead atoms. The molecule has 0 aliphatic carbocycles. The fourth-order valence-electron chi connectivity index (χ4n) is 0.572. The van der Waals surface area contributed by atoms with Crippen LogP contribution < -0.4 is 0 Å². The average molecular weight is 540 g/mol. The Kier molecular flexibility index (Phi) is 30.0. The van der Waals surface area contributed by atoms with Crippen molar-refractivity contribution in [1.29, 1.82) is 0 Å². The topological polar surface area (TPSA) is 34.3 Å². The van der Waals surface area contributed by atoms with Crippen LogP contribution in [0.25, 0.3) is 5.32 Å². The number of hydrogen-bond acceptors (Lipinski definition) is 1. The number of hydrogen-bond donors (Lipinski definition) is 1. The van der Waals surface area contributed by atoms with E-state index in [-0.39, 0.29) is 73.1 Å². The molecular formula is C6H16NOUW-. The molecule has 0 saturated carbocycles. The van der Waals surface area contributed by atoms with Crippen molar-refractivity contribution in [2.75, 3.05) is 13.1 Å². The summed E-state index contributed by atoms with van der Waals surface area (Å²) in [6, 6.07) is 0. The maximum atomic E-state index is 8.64. The van der Waals surface area contributed by atoms with Gasteiger partial charge in [-0.3, -0.25) is 0 Å². The molecule has 1 saturated heterocycles. The molecule has 62 valence electrons. The Bertz CT molecular complexity index is 51.0. The van der Waals surface area contributed by atoms with Crippen LogP contribution in [0.2, 0.25) is 0 Å². The van der Waals surface area contributed by atoms with Gasteiger partial charge < -0.3 is 10.4 Å². The van der Waals surface area contributed by atoms with Crippen LogP contribution in [0.5, 0.6) is 0 Å². The molecule has 0 aromatic heterocycles. The molecular weight excluding hydrogens is 524 g/mol. The number of nitrogens with zero attached hydrogens (tertiary/aromatic N) is 1. The van der Waals surface area contributed by atoms with Crippen LogP contribution in [0.4, 0.5) is 0 Å². The summed E-state index contributed by atoms with van der Waals surface area (Å²) < 4.78 is 0. The second-order valence-electron chi connectivity index (χ2n) is 1.57. The number of aliphatic hydroxyl groups is 1. The average Bonchev–Trinajstić information content (AvgIpc) is 1.86. The van der Waals surface area contributed by atoms with Gasteiger partial charge in [-0.1, -0.05) is 14.9 Å². The van der Waals surface area contributed by atoms with Crippen molar-refractivity contribution < 1.29 is 57.3 Å². The summed E-state index contributed by atoms with van der Waals surface area (Å²) >= 11 is 0. The zero-order chi connectivity index (χ0) is 4.41. The van der Waals surface area contributed by atoms with E-state index in [9.17, 15) is 0 Å². The third-order valence-corrected chi connectivity index (χ3v) is 0.960. The van der Waals surface area contributed by atoms with Gasteiger partial charge in [-0.15, -0.1) is 13.1 Å². The first-order valence-electron chi connectivity index (χ1n) is 2.21. The van der Waals surface area contributed by atoms with E-state index in [1.165, 1.54) is 0 Å². The fraction of sp³-hybridized carbons (Fsp3) is 1.00. The molecule has 1 rings (SSSR count). The van der Waals surface area contributed by atoms with E-state index in [0.717, 1.165) is 13.0 Å². The maximum absolute atomic E-state index is 8.64. The molecule has 4 heteroatoms. The van der Waals surface area contributed by atoms with Gasteiger partial charge in [0.15, 0.2) is 0 Å². The zero-order valence-electron chi connectivity index (χ0n) is 4.50. The predicted octanol–water partition coefficient (Wildman–Crippen LogP) is 1.39. The van der Waals surface area contributed by atoms with Gasteiger partial charge in [0.25, 0.3) is 0 Å². The van der Waals surface area contributed by atoms with E-state index in [0.29, 0.717) is 6.54 Å². The van der Waals surface area contributed by atoms with Gasteiger partial charge in [0.05, 0.1) is 0 Å². The number of aliphatic hydroxyl groups excluding tert-OH is 1. The van der Waals surface area contributed by atoms with Gasteiger partial charge >= 0.3 is 0 Å². The molecule has 0 radical (unpaired) electrons. The van der Waals surface area contributed by atoms with Crippen LogP contribution in [0.15, 0.2) is 0 Å². The monoisotopic (exact) mass is 540 g/mol. The Labute approximate surface area is 102 Å². The van der Waals surface area contributed by atoms with Crippen molar-refractivity contribution in [3.63, 3.8) is 0 Å². The van der Waals surface area contributed by atoms with Gasteiger partial charge in [-0.05, 0) is 6.42 Å². The third-order valence-electron chi connectivity index (χ3n) is 0.960. The van der Waals surface area contributed by atoms with E-state index in [1.54, 1.807) is 0 Å². The molecule has 10 heavy (non-hydrogen) atoms. The predicted molar refractivity (Wildman–Crippen MR) is 37.2 cm³/mol. The summed E-state index contributed by atoms with van der Waals surface area (Å²) in [6.45, 7) is 1.53. The molecule has 0 spiro atoms. The Morgan fingerprint density at radius 3 is 1.90 bits per heavy atom. The van der Waals surface area contributed by atoms with Gasteiger partial charge in [0.1, 0.15) is 0 Å². The van der Waals surface area contributed by atoms with Crippen LogP contribution in [0.3, 0.4) is 0 Å². The van der Waals surface area contributed by atoms with Crippen LogP contribution in [-0.2, 0) is 21.1 Å². The van der Waals surface area contributed by atoms with E-state index in [2.05, 4.69) is 5.32 Å². The van der Waals surface area contributed by atoms with Crippen molar-refractivity contribution in [2.45, 2.75) is 27.4 Å². The Hall–Kier alpha value is 1.66. The zero-order valence-corrected chi connectivity index (χ0v) is 11.6. The molecule has 1 aliphatic rings. The van der Waals surface area contributed by atoms with Crippen molar-refractivity contribution >= 4 is 0 Å². The third kappa shape index (κ3) is 9.66. The molecule has 0 aromatic carbocycles. The molecule has 1 N–H and O–H groups in total. The van der Waals surface area contributed by atoms with Crippen molar-refractivity contribution in [3.05, 3.63) is 5.32 Å². The second-order valence-corrected chi connectivity index (χ2v) is 1.57. The maximum Gasteiger partial charge on any atom is 0.0336 e. The first kappa shape index (κ1) is 22.6. The van der Waals surface area contributed by atoms with Crippen molar-refractivity contribution in [1.82, 2.24) is 0 Å². The van der Waals surface area contributed by atoms with Crippen LogP contribution in [0, 0.1) is 31.1 Å².